The molecule has 0 aliphatic carbocycles. The van der Waals surface area contributed by atoms with Crippen molar-refractivity contribution in [1.29, 1.82) is 0 Å². The predicted molar refractivity (Wildman–Crippen MR) is 104 cm³/mol. The van der Waals surface area contributed by atoms with Gasteiger partial charge in [-0.2, -0.15) is 0 Å². The number of hydrogen-bond acceptors (Lipinski definition) is 4. The SMILES string of the molecule is CNCC1CCN(C(=O)C(Cc2cccnc2)NC(=O)c2ccccc2)C1. The Morgan fingerprint density at radius 2 is 2.04 bits per heavy atom. The maximum Gasteiger partial charge on any atom is 0.251 e. The highest BCUT2D eigenvalue weighted by Gasteiger charge is 2.31. The fraction of sp³-hybridized carbons (Fsp3) is 0.381. The molecule has 1 aromatic carbocycles. The number of carbonyl (C=O) groups is 2. The van der Waals surface area contributed by atoms with E-state index in [1.54, 1.807) is 24.5 Å². The van der Waals surface area contributed by atoms with E-state index in [4.69, 9.17) is 0 Å². The van der Waals surface area contributed by atoms with Crippen molar-refractivity contribution in [2.24, 2.45) is 5.92 Å². The Labute approximate surface area is 160 Å². The molecule has 0 radical (unpaired) electrons. The van der Waals surface area contributed by atoms with Gasteiger partial charge < -0.3 is 15.5 Å². The largest absolute Gasteiger partial charge is 0.341 e. The van der Waals surface area contributed by atoms with Gasteiger partial charge in [-0.15, -0.1) is 0 Å². The molecule has 1 saturated heterocycles. The second-order valence-corrected chi connectivity index (χ2v) is 6.95. The number of hydrogen-bond donors (Lipinski definition) is 2. The summed E-state index contributed by atoms with van der Waals surface area (Å²) < 4.78 is 0. The summed E-state index contributed by atoms with van der Waals surface area (Å²) in [7, 11) is 1.93. The molecule has 1 aliphatic heterocycles. The molecule has 2 amide bonds. The van der Waals surface area contributed by atoms with Crippen molar-refractivity contribution in [2.45, 2.75) is 18.9 Å². The normalized spacial score (nSPS) is 17.5. The van der Waals surface area contributed by atoms with E-state index in [9.17, 15) is 9.59 Å². The first-order chi connectivity index (χ1) is 13.2. The molecule has 1 aliphatic rings. The summed E-state index contributed by atoms with van der Waals surface area (Å²) in [6.45, 7) is 2.35. The number of rotatable bonds is 7. The van der Waals surface area contributed by atoms with Gasteiger partial charge in [0.15, 0.2) is 0 Å². The van der Waals surface area contributed by atoms with E-state index >= 15 is 0 Å². The molecule has 27 heavy (non-hydrogen) atoms. The number of nitrogens with one attached hydrogen (secondary N) is 2. The molecule has 2 atom stereocenters. The zero-order chi connectivity index (χ0) is 19.1. The maximum atomic E-state index is 13.1. The number of amides is 2. The van der Waals surface area contributed by atoms with Crippen LogP contribution in [0.1, 0.15) is 22.3 Å². The molecule has 3 rings (SSSR count). The third-order valence-corrected chi connectivity index (χ3v) is 4.89. The van der Waals surface area contributed by atoms with Gasteiger partial charge in [0.05, 0.1) is 0 Å². The minimum atomic E-state index is -0.602. The van der Waals surface area contributed by atoms with Gasteiger partial charge in [0.2, 0.25) is 5.91 Å². The highest BCUT2D eigenvalue weighted by molar-refractivity contribution is 5.97. The number of aromatic nitrogens is 1. The zero-order valence-electron chi connectivity index (χ0n) is 15.6. The molecule has 2 unspecified atom stereocenters. The Kier molecular flexibility index (Phi) is 6.54. The van der Waals surface area contributed by atoms with Crippen LogP contribution in [-0.2, 0) is 11.2 Å². The minimum Gasteiger partial charge on any atom is -0.341 e. The number of pyridine rings is 1. The Morgan fingerprint density at radius 3 is 2.74 bits per heavy atom. The first-order valence-corrected chi connectivity index (χ1v) is 9.35. The van der Waals surface area contributed by atoms with E-state index in [0.717, 1.165) is 31.6 Å². The van der Waals surface area contributed by atoms with Crippen molar-refractivity contribution in [3.05, 3.63) is 66.0 Å². The van der Waals surface area contributed by atoms with E-state index in [2.05, 4.69) is 15.6 Å². The molecular weight excluding hydrogens is 340 g/mol. The Balaban J connectivity index is 1.73. The fourth-order valence-electron chi connectivity index (χ4n) is 3.49. The number of likely N-dealkylation sites (tertiary alicyclic amines) is 1. The second kappa shape index (κ2) is 9.28. The zero-order valence-corrected chi connectivity index (χ0v) is 15.6. The average molecular weight is 366 g/mol. The quantitative estimate of drug-likeness (QED) is 0.779. The summed E-state index contributed by atoms with van der Waals surface area (Å²) in [5.74, 6) is 0.202. The van der Waals surface area contributed by atoms with Crippen molar-refractivity contribution in [3.63, 3.8) is 0 Å². The molecule has 0 bridgehead atoms. The van der Waals surface area contributed by atoms with Crippen molar-refractivity contribution in [2.75, 3.05) is 26.7 Å². The molecule has 6 heteroatoms. The second-order valence-electron chi connectivity index (χ2n) is 6.95. The topological polar surface area (TPSA) is 74.3 Å². The van der Waals surface area contributed by atoms with Crippen LogP contribution in [0.2, 0.25) is 0 Å². The van der Waals surface area contributed by atoms with Crippen molar-refractivity contribution in [1.82, 2.24) is 20.5 Å². The van der Waals surface area contributed by atoms with Crippen LogP contribution in [0.25, 0.3) is 0 Å². The molecule has 0 saturated carbocycles. The van der Waals surface area contributed by atoms with E-state index in [0.29, 0.717) is 17.9 Å². The van der Waals surface area contributed by atoms with Gasteiger partial charge in [-0.25, -0.2) is 0 Å². The smallest absolute Gasteiger partial charge is 0.251 e. The molecule has 1 aromatic heterocycles. The van der Waals surface area contributed by atoms with Crippen LogP contribution in [0.4, 0.5) is 0 Å². The molecule has 2 heterocycles. The third kappa shape index (κ3) is 5.14. The van der Waals surface area contributed by atoms with E-state index in [-0.39, 0.29) is 11.8 Å². The van der Waals surface area contributed by atoms with E-state index in [1.165, 1.54) is 0 Å². The lowest BCUT2D eigenvalue weighted by Gasteiger charge is -2.24. The maximum absolute atomic E-state index is 13.1. The van der Waals surface area contributed by atoms with Gasteiger partial charge in [0, 0.05) is 37.5 Å². The summed E-state index contributed by atoms with van der Waals surface area (Å²) in [6.07, 6.45) is 4.85. The monoisotopic (exact) mass is 366 g/mol. The van der Waals surface area contributed by atoms with Gasteiger partial charge in [0.1, 0.15) is 6.04 Å². The van der Waals surface area contributed by atoms with Crippen molar-refractivity contribution < 1.29 is 9.59 Å². The Bertz CT molecular complexity index is 751. The Hall–Kier alpha value is -2.73. The Morgan fingerprint density at radius 1 is 1.22 bits per heavy atom. The third-order valence-electron chi connectivity index (χ3n) is 4.89. The van der Waals surface area contributed by atoms with E-state index < -0.39 is 6.04 Å². The van der Waals surface area contributed by atoms with Gasteiger partial charge in [-0.1, -0.05) is 24.3 Å². The van der Waals surface area contributed by atoms with Crippen LogP contribution < -0.4 is 10.6 Å². The summed E-state index contributed by atoms with van der Waals surface area (Å²) in [5.41, 5.74) is 1.48. The average Bonchev–Trinajstić information content (AvgIpc) is 3.17. The standard InChI is InChI=1S/C21H26N4O2/c1-22-13-17-9-11-25(15-17)21(27)19(12-16-6-5-10-23-14-16)24-20(26)18-7-3-2-4-8-18/h2-8,10,14,17,19,22H,9,11-13,15H2,1H3,(H,24,26). The molecule has 2 N–H and O–H groups in total. The van der Waals surface area contributed by atoms with Crippen LogP contribution in [0.5, 0.6) is 0 Å². The van der Waals surface area contributed by atoms with Crippen LogP contribution >= 0.6 is 0 Å². The van der Waals surface area contributed by atoms with Gasteiger partial charge in [-0.3, -0.25) is 14.6 Å². The molecule has 6 nitrogen and oxygen atoms in total. The fourth-order valence-corrected chi connectivity index (χ4v) is 3.49. The van der Waals surface area contributed by atoms with Crippen LogP contribution in [0.15, 0.2) is 54.9 Å². The highest BCUT2D eigenvalue weighted by atomic mass is 16.2. The first kappa shape index (κ1) is 19.0. The molecule has 0 spiro atoms. The van der Waals surface area contributed by atoms with Crippen molar-refractivity contribution >= 4 is 11.8 Å². The lowest BCUT2D eigenvalue weighted by Crippen LogP contribution is -2.49. The summed E-state index contributed by atoms with van der Waals surface area (Å²) >= 11 is 0. The summed E-state index contributed by atoms with van der Waals surface area (Å²) in [5, 5.41) is 6.11. The lowest BCUT2D eigenvalue weighted by atomic mass is 10.1. The van der Waals surface area contributed by atoms with Gasteiger partial charge in [-0.05, 0) is 49.7 Å². The number of carbonyl (C=O) groups excluding carboxylic acids is 2. The molecular formula is C21H26N4O2. The van der Waals surface area contributed by atoms with Gasteiger partial charge >= 0.3 is 0 Å². The first-order valence-electron chi connectivity index (χ1n) is 9.35. The van der Waals surface area contributed by atoms with Crippen molar-refractivity contribution in [3.8, 4) is 0 Å². The summed E-state index contributed by atoms with van der Waals surface area (Å²) in [4.78, 5) is 31.8. The predicted octanol–water partition coefficient (Wildman–Crippen LogP) is 1.49. The summed E-state index contributed by atoms with van der Waals surface area (Å²) in [6, 6.07) is 12.2. The van der Waals surface area contributed by atoms with Crippen LogP contribution in [-0.4, -0.2) is 54.4 Å². The molecule has 142 valence electrons. The molecule has 2 aromatic rings. The van der Waals surface area contributed by atoms with Gasteiger partial charge in [0.25, 0.3) is 5.91 Å². The molecule has 1 fully saturated rings. The van der Waals surface area contributed by atoms with E-state index in [1.807, 2.05) is 42.3 Å². The highest BCUT2D eigenvalue weighted by Crippen LogP contribution is 2.17. The minimum absolute atomic E-state index is 0.0262. The lowest BCUT2D eigenvalue weighted by molar-refractivity contribution is -0.132. The van der Waals surface area contributed by atoms with Crippen LogP contribution in [0, 0.1) is 5.92 Å². The number of benzene rings is 1. The number of nitrogens with zero attached hydrogens (tertiary/aromatic N) is 2. The van der Waals surface area contributed by atoms with Crippen LogP contribution in [0.3, 0.4) is 0 Å².